The molecule has 1 N–H and O–H groups in total. The van der Waals surface area contributed by atoms with Gasteiger partial charge in [-0.15, -0.1) is 0 Å². The average Bonchev–Trinajstić information content (AvgIpc) is 2.34. The molecule has 0 fully saturated rings. The first-order valence-electron chi connectivity index (χ1n) is 5.12. The van der Waals surface area contributed by atoms with Crippen molar-refractivity contribution >= 4 is 27.3 Å². The molecule has 2 rings (SSSR count). The van der Waals surface area contributed by atoms with Crippen molar-refractivity contribution in [2.45, 2.75) is 0 Å². The molecule has 0 aliphatic heterocycles. The predicted octanol–water partition coefficient (Wildman–Crippen LogP) is 4.48. The number of nitrogens with one attached hydrogen (secondary N) is 1. The van der Waals surface area contributed by atoms with Gasteiger partial charge in [0.1, 0.15) is 17.6 Å². The van der Waals surface area contributed by atoms with Crippen molar-refractivity contribution in [3.8, 4) is 6.07 Å². The van der Waals surface area contributed by atoms with E-state index in [0.29, 0.717) is 16.6 Å². The maximum atomic E-state index is 13.5. The SMILES string of the molecule is N#Cc1ccc(Br)cc1Nc1c(F)cc(F)cc1F. The second-order valence-corrected chi connectivity index (χ2v) is 4.59. The van der Waals surface area contributed by atoms with Crippen LogP contribution in [0.25, 0.3) is 0 Å². The van der Waals surface area contributed by atoms with E-state index in [9.17, 15) is 13.2 Å². The Balaban J connectivity index is 2.48. The van der Waals surface area contributed by atoms with Gasteiger partial charge in [-0.3, -0.25) is 0 Å². The molecule has 0 unspecified atom stereocenters. The van der Waals surface area contributed by atoms with Crippen molar-refractivity contribution in [3.05, 3.63) is 57.8 Å². The number of anilines is 2. The quantitative estimate of drug-likeness (QED) is 0.883. The zero-order chi connectivity index (χ0) is 14.0. The van der Waals surface area contributed by atoms with Crippen molar-refractivity contribution in [2.75, 3.05) is 5.32 Å². The summed E-state index contributed by atoms with van der Waals surface area (Å²) >= 11 is 3.19. The first-order chi connectivity index (χ1) is 9.01. The molecule has 19 heavy (non-hydrogen) atoms. The van der Waals surface area contributed by atoms with Gasteiger partial charge in [0, 0.05) is 16.6 Å². The Morgan fingerprint density at radius 3 is 2.26 bits per heavy atom. The Morgan fingerprint density at radius 2 is 1.68 bits per heavy atom. The highest BCUT2D eigenvalue weighted by molar-refractivity contribution is 9.10. The maximum Gasteiger partial charge on any atom is 0.152 e. The molecular weight excluding hydrogens is 321 g/mol. The van der Waals surface area contributed by atoms with Crippen molar-refractivity contribution in [1.82, 2.24) is 0 Å². The van der Waals surface area contributed by atoms with Crippen LogP contribution in [-0.4, -0.2) is 0 Å². The molecule has 0 bridgehead atoms. The van der Waals surface area contributed by atoms with Crippen molar-refractivity contribution in [3.63, 3.8) is 0 Å². The highest BCUT2D eigenvalue weighted by Gasteiger charge is 2.13. The van der Waals surface area contributed by atoms with E-state index in [-0.39, 0.29) is 11.3 Å². The van der Waals surface area contributed by atoms with Gasteiger partial charge in [-0.1, -0.05) is 15.9 Å². The molecule has 0 aromatic heterocycles. The van der Waals surface area contributed by atoms with Gasteiger partial charge in [-0.25, -0.2) is 13.2 Å². The van der Waals surface area contributed by atoms with Crippen molar-refractivity contribution in [1.29, 1.82) is 5.26 Å². The highest BCUT2D eigenvalue weighted by Crippen LogP contribution is 2.28. The molecule has 0 heterocycles. The Labute approximate surface area is 115 Å². The van der Waals surface area contributed by atoms with Crippen molar-refractivity contribution < 1.29 is 13.2 Å². The average molecular weight is 327 g/mol. The maximum absolute atomic E-state index is 13.5. The van der Waals surface area contributed by atoms with Crippen LogP contribution in [0.4, 0.5) is 24.5 Å². The van der Waals surface area contributed by atoms with Gasteiger partial charge in [-0.05, 0) is 18.2 Å². The summed E-state index contributed by atoms with van der Waals surface area (Å²) in [6.45, 7) is 0. The van der Waals surface area contributed by atoms with Crippen LogP contribution in [0.5, 0.6) is 0 Å². The Kier molecular flexibility index (Phi) is 3.76. The van der Waals surface area contributed by atoms with E-state index in [1.807, 2.05) is 6.07 Å². The van der Waals surface area contributed by atoms with E-state index in [2.05, 4.69) is 21.2 Å². The van der Waals surface area contributed by atoms with Crippen LogP contribution < -0.4 is 5.32 Å². The zero-order valence-electron chi connectivity index (χ0n) is 9.35. The number of hydrogen-bond acceptors (Lipinski definition) is 2. The first kappa shape index (κ1) is 13.4. The summed E-state index contributed by atoms with van der Waals surface area (Å²) in [6, 6.07) is 7.64. The summed E-state index contributed by atoms with van der Waals surface area (Å²) in [5.41, 5.74) is -0.0661. The normalized spacial score (nSPS) is 10.1. The number of rotatable bonds is 2. The lowest BCUT2D eigenvalue weighted by molar-refractivity contribution is 0.549. The molecule has 0 spiro atoms. The number of halogens is 4. The van der Waals surface area contributed by atoms with E-state index in [4.69, 9.17) is 5.26 Å². The summed E-state index contributed by atoms with van der Waals surface area (Å²) < 4.78 is 40.4. The molecule has 0 aliphatic carbocycles. The number of nitriles is 1. The lowest BCUT2D eigenvalue weighted by Crippen LogP contribution is -2.00. The molecule has 2 aromatic rings. The molecule has 2 nitrogen and oxygen atoms in total. The van der Waals surface area contributed by atoms with E-state index in [1.165, 1.54) is 12.1 Å². The molecule has 2 aromatic carbocycles. The van der Waals surface area contributed by atoms with Gasteiger partial charge in [0.2, 0.25) is 0 Å². The molecule has 0 aliphatic rings. The summed E-state index contributed by atoms with van der Waals surface area (Å²) in [5.74, 6) is -3.14. The summed E-state index contributed by atoms with van der Waals surface area (Å²) in [7, 11) is 0. The standard InChI is InChI=1S/C13H6BrF3N2/c14-8-2-1-7(6-18)12(3-8)19-13-10(16)4-9(15)5-11(13)17/h1-5,19H. The van der Waals surface area contributed by atoms with Gasteiger partial charge in [0.15, 0.2) is 11.6 Å². The molecule has 6 heteroatoms. The minimum absolute atomic E-state index is 0.214. The molecule has 0 saturated carbocycles. The first-order valence-corrected chi connectivity index (χ1v) is 5.92. The molecule has 0 saturated heterocycles. The minimum Gasteiger partial charge on any atom is -0.350 e. The fourth-order valence-corrected chi connectivity index (χ4v) is 1.87. The van der Waals surface area contributed by atoms with Crippen LogP contribution >= 0.6 is 15.9 Å². The molecular formula is C13H6BrF3N2. The Morgan fingerprint density at radius 1 is 1.05 bits per heavy atom. The summed E-state index contributed by atoms with van der Waals surface area (Å²) in [4.78, 5) is 0. The van der Waals surface area contributed by atoms with Crippen LogP contribution in [0.3, 0.4) is 0 Å². The third kappa shape index (κ3) is 2.88. The third-order valence-electron chi connectivity index (χ3n) is 2.37. The van der Waals surface area contributed by atoms with Crippen LogP contribution in [-0.2, 0) is 0 Å². The van der Waals surface area contributed by atoms with Gasteiger partial charge in [0.05, 0.1) is 11.3 Å². The Hall–Kier alpha value is -2.00. The third-order valence-corrected chi connectivity index (χ3v) is 2.86. The molecule has 0 amide bonds. The molecule has 0 atom stereocenters. The van der Waals surface area contributed by atoms with Crippen LogP contribution in [0.1, 0.15) is 5.56 Å². The van der Waals surface area contributed by atoms with Crippen LogP contribution in [0, 0.1) is 28.8 Å². The topological polar surface area (TPSA) is 35.8 Å². The number of hydrogen-bond donors (Lipinski definition) is 1. The second-order valence-electron chi connectivity index (χ2n) is 3.67. The van der Waals surface area contributed by atoms with Gasteiger partial charge >= 0.3 is 0 Å². The molecule has 96 valence electrons. The summed E-state index contributed by atoms with van der Waals surface area (Å²) in [5, 5.41) is 11.4. The number of benzene rings is 2. The van der Waals surface area contributed by atoms with E-state index < -0.39 is 23.1 Å². The van der Waals surface area contributed by atoms with E-state index >= 15 is 0 Å². The Bertz CT molecular complexity index is 657. The fraction of sp³-hybridized carbons (Fsp3) is 0. The lowest BCUT2D eigenvalue weighted by atomic mass is 10.2. The largest absolute Gasteiger partial charge is 0.350 e. The smallest absolute Gasteiger partial charge is 0.152 e. The minimum atomic E-state index is -1.07. The number of nitrogens with zero attached hydrogens (tertiary/aromatic N) is 1. The molecule has 0 radical (unpaired) electrons. The van der Waals surface area contributed by atoms with Gasteiger partial charge < -0.3 is 5.32 Å². The van der Waals surface area contributed by atoms with Crippen LogP contribution in [0.15, 0.2) is 34.8 Å². The van der Waals surface area contributed by atoms with Crippen LogP contribution in [0.2, 0.25) is 0 Å². The summed E-state index contributed by atoms with van der Waals surface area (Å²) in [6.07, 6.45) is 0. The van der Waals surface area contributed by atoms with E-state index in [0.717, 1.165) is 0 Å². The van der Waals surface area contributed by atoms with Crippen molar-refractivity contribution in [2.24, 2.45) is 0 Å². The second kappa shape index (κ2) is 5.33. The monoisotopic (exact) mass is 326 g/mol. The van der Waals surface area contributed by atoms with Gasteiger partial charge in [0.25, 0.3) is 0 Å². The lowest BCUT2D eigenvalue weighted by Gasteiger charge is -2.10. The fourth-order valence-electron chi connectivity index (χ4n) is 1.51. The zero-order valence-corrected chi connectivity index (χ0v) is 10.9. The predicted molar refractivity (Wildman–Crippen MR) is 68.5 cm³/mol. The van der Waals surface area contributed by atoms with Gasteiger partial charge in [-0.2, -0.15) is 5.26 Å². The van der Waals surface area contributed by atoms with E-state index in [1.54, 1.807) is 6.07 Å². The highest BCUT2D eigenvalue weighted by atomic mass is 79.9.